The van der Waals surface area contributed by atoms with Crippen LogP contribution in [-0.4, -0.2) is 53.3 Å². The number of hydrogen-bond acceptors (Lipinski definition) is 3. The molecule has 0 fully saturated rings. The molecule has 0 spiro atoms. The van der Waals surface area contributed by atoms with Crippen molar-refractivity contribution in [2.75, 3.05) is 26.7 Å². The van der Waals surface area contributed by atoms with Crippen molar-refractivity contribution in [2.45, 2.75) is 13.8 Å². The number of carbonyl (C=O) groups is 2. The zero-order chi connectivity index (χ0) is 20.1. The number of para-hydroxylation sites is 1. The number of amides is 2. The zero-order valence-electron chi connectivity index (χ0n) is 16.6. The van der Waals surface area contributed by atoms with Gasteiger partial charge in [-0.05, 0) is 26.0 Å². The highest BCUT2D eigenvalue weighted by atomic mass is 16.2. The fourth-order valence-corrected chi connectivity index (χ4v) is 3.27. The van der Waals surface area contributed by atoms with Crippen molar-refractivity contribution in [3.05, 3.63) is 66.2 Å². The minimum atomic E-state index is -0.184. The van der Waals surface area contributed by atoms with Crippen molar-refractivity contribution >= 4 is 22.7 Å². The predicted octanol–water partition coefficient (Wildman–Crippen LogP) is 3.84. The molecule has 2 aromatic carbocycles. The van der Waals surface area contributed by atoms with Crippen LogP contribution in [0.15, 0.2) is 60.7 Å². The third-order valence-corrected chi connectivity index (χ3v) is 4.85. The molecule has 0 radical (unpaired) electrons. The highest BCUT2D eigenvalue weighted by Crippen LogP contribution is 2.25. The highest BCUT2D eigenvalue weighted by molar-refractivity contribution is 6.07. The largest absolute Gasteiger partial charge is 0.342 e. The van der Waals surface area contributed by atoms with Crippen molar-refractivity contribution in [1.82, 2.24) is 14.8 Å². The quantitative estimate of drug-likeness (QED) is 0.658. The van der Waals surface area contributed by atoms with Crippen LogP contribution in [0.4, 0.5) is 0 Å². The summed E-state index contributed by atoms with van der Waals surface area (Å²) in [6.45, 7) is 5.19. The molecule has 144 valence electrons. The lowest BCUT2D eigenvalue weighted by molar-refractivity contribution is -0.131. The molecule has 1 heterocycles. The van der Waals surface area contributed by atoms with Gasteiger partial charge in [-0.2, -0.15) is 0 Å². The molecule has 5 heteroatoms. The topological polar surface area (TPSA) is 53.5 Å². The number of fused-ring (bicyclic) bond motifs is 1. The van der Waals surface area contributed by atoms with Crippen molar-refractivity contribution < 1.29 is 9.59 Å². The number of nitrogens with zero attached hydrogens (tertiary/aromatic N) is 3. The minimum absolute atomic E-state index is 0.0532. The van der Waals surface area contributed by atoms with Crippen LogP contribution in [0.2, 0.25) is 0 Å². The molecule has 28 heavy (non-hydrogen) atoms. The van der Waals surface area contributed by atoms with Gasteiger partial charge >= 0.3 is 0 Å². The van der Waals surface area contributed by atoms with Crippen molar-refractivity contribution in [3.63, 3.8) is 0 Å². The van der Waals surface area contributed by atoms with Gasteiger partial charge in [-0.15, -0.1) is 0 Å². The third kappa shape index (κ3) is 4.03. The smallest absolute Gasteiger partial charge is 0.254 e. The average Bonchev–Trinajstić information content (AvgIpc) is 2.73. The fraction of sp³-hybridized carbons (Fsp3) is 0.261. The van der Waals surface area contributed by atoms with E-state index in [1.165, 1.54) is 4.90 Å². The van der Waals surface area contributed by atoms with Crippen LogP contribution in [-0.2, 0) is 4.79 Å². The van der Waals surface area contributed by atoms with Crippen LogP contribution in [0.3, 0.4) is 0 Å². The van der Waals surface area contributed by atoms with E-state index in [1.807, 2.05) is 74.5 Å². The Labute approximate surface area is 165 Å². The Morgan fingerprint density at radius 2 is 1.57 bits per heavy atom. The van der Waals surface area contributed by atoms with Gasteiger partial charge in [0.1, 0.15) is 0 Å². The van der Waals surface area contributed by atoms with E-state index in [-0.39, 0.29) is 18.4 Å². The SMILES string of the molecule is CCN(CC)C(=O)CN(C)C(=O)c1cc(-c2ccccc2)nc2ccccc12. The summed E-state index contributed by atoms with van der Waals surface area (Å²) in [4.78, 5) is 33.6. The van der Waals surface area contributed by atoms with Crippen LogP contribution >= 0.6 is 0 Å². The second kappa shape index (κ2) is 8.65. The molecule has 0 atom stereocenters. The van der Waals surface area contributed by atoms with Gasteiger partial charge in [0.05, 0.1) is 23.3 Å². The minimum Gasteiger partial charge on any atom is -0.342 e. The summed E-state index contributed by atoms with van der Waals surface area (Å²) in [7, 11) is 1.67. The van der Waals surface area contributed by atoms with Crippen LogP contribution in [0.25, 0.3) is 22.2 Å². The molecule has 0 saturated heterocycles. The summed E-state index contributed by atoms with van der Waals surface area (Å²) >= 11 is 0. The monoisotopic (exact) mass is 375 g/mol. The molecule has 5 nitrogen and oxygen atoms in total. The Kier molecular flexibility index (Phi) is 6.04. The standard InChI is InChI=1S/C23H25N3O2/c1-4-26(5-2)22(27)16-25(3)23(28)19-15-21(17-11-7-6-8-12-17)24-20-14-10-9-13-18(19)20/h6-15H,4-5,16H2,1-3H3. The zero-order valence-corrected chi connectivity index (χ0v) is 16.6. The van der Waals surface area contributed by atoms with Crippen molar-refractivity contribution in [1.29, 1.82) is 0 Å². The summed E-state index contributed by atoms with van der Waals surface area (Å²) in [5.41, 5.74) is 3.00. The Bertz CT molecular complexity index is 982. The van der Waals surface area contributed by atoms with Gasteiger partial charge in [-0.25, -0.2) is 4.98 Å². The molecular weight excluding hydrogens is 350 g/mol. The molecule has 0 aliphatic heterocycles. The molecule has 1 aromatic heterocycles. The van der Waals surface area contributed by atoms with Crippen LogP contribution in [0.1, 0.15) is 24.2 Å². The molecule has 2 amide bonds. The molecule has 0 saturated carbocycles. The lowest BCUT2D eigenvalue weighted by Crippen LogP contribution is -2.41. The molecule has 3 rings (SSSR count). The second-order valence-corrected chi connectivity index (χ2v) is 6.67. The van der Waals surface area contributed by atoms with E-state index < -0.39 is 0 Å². The fourth-order valence-electron chi connectivity index (χ4n) is 3.27. The molecule has 0 unspecified atom stereocenters. The second-order valence-electron chi connectivity index (χ2n) is 6.67. The van der Waals surface area contributed by atoms with E-state index in [0.29, 0.717) is 18.7 Å². The molecular formula is C23H25N3O2. The van der Waals surface area contributed by atoms with Crippen molar-refractivity contribution in [2.24, 2.45) is 0 Å². The first-order valence-corrected chi connectivity index (χ1v) is 9.53. The van der Waals surface area contributed by atoms with Crippen LogP contribution in [0.5, 0.6) is 0 Å². The van der Waals surface area contributed by atoms with E-state index in [4.69, 9.17) is 4.98 Å². The number of hydrogen-bond donors (Lipinski definition) is 0. The first kappa shape index (κ1) is 19.5. The number of carbonyl (C=O) groups excluding carboxylic acids is 2. The van der Waals surface area contributed by atoms with Gasteiger partial charge in [0.15, 0.2) is 0 Å². The number of aromatic nitrogens is 1. The first-order chi connectivity index (χ1) is 13.5. The lowest BCUT2D eigenvalue weighted by Gasteiger charge is -2.23. The van der Waals surface area contributed by atoms with E-state index in [2.05, 4.69) is 0 Å². The Morgan fingerprint density at radius 1 is 0.929 bits per heavy atom. The van der Waals surface area contributed by atoms with Crippen LogP contribution < -0.4 is 0 Å². The molecule has 0 aliphatic rings. The molecule has 0 N–H and O–H groups in total. The van der Waals surface area contributed by atoms with E-state index in [0.717, 1.165) is 22.2 Å². The van der Waals surface area contributed by atoms with Gasteiger partial charge in [0.2, 0.25) is 5.91 Å². The Hall–Kier alpha value is -3.21. The van der Waals surface area contributed by atoms with E-state index in [9.17, 15) is 9.59 Å². The number of benzene rings is 2. The average molecular weight is 375 g/mol. The van der Waals surface area contributed by atoms with Gasteiger partial charge in [-0.1, -0.05) is 48.5 Å². The van der Waals surface area contributed by atoms with Gasteiger partial charge in [-0.3, -0.25) is 9.59 Å². The summed E-state index contributed by atoms with van der Waals surface area (Å²) < 4.78 is 0. The van der Waals surface area contributed by atoms with Crippen molar-refractivity contribution in [3.8, 4) is 11.3 Å². The number of rotatable bonds is 6. The molecule has 0 aliphatic carbocycles. The number of likely N-dealkylation sites (N-methyl/N-ethyl adjacent to an activating group) is 2. The molecule has 3 aromatic rings. The van der Waals surface area contributed by atoms with E-state index >= 15 is 0 Å². The summed E-state index contributed by atoms with van der Waals surface area (Å²) in [6, 6.07) is 19.2. The normalized spacial score (nSPS) is 10.7. The first-order valence-electron chi connectivity index (χ1n) is 9.53. The van der Waals surface area contributed by atoms with Gasteiger partial charge in [0, 0.05) is 31.1 Å². The van der Waals surface area contributed by atoms with Gasteiger partial charge in [0.25, 0.3) is 5.91 Å². The molecule has 0 bridgehead atoms. The summed E-state index contributed by atoms with van der Waals surface area (Å²) in [6.07, 6.45) is 0. The summed E-state index contributed by atoms with van der Waals surface area (Å²) in [5, 5.41) is 0.786. The summed E-state index contributed by atoms with van der Waals surface area (Å²) in [5.74, 6) is -0.237. The maximum atomic E-state index is 13.2. The van der Waals surface area contributed by atoms with E-state index in [1.54, 1.807) is 11.9 Å². The Morgan fingerprint density at radius 3 is 2.25 bits per heavy atom. The third-order valence-electron chi connectivity index (χ3n) is 4.85. The maximum absolute atomic E-state index is 13.2. The Balaban J connectivity index is 1.99. The lowest BCUT2D eigenvalue weighted by atomic mass is 10.0. The maximum Gasteiger partial charge on any atom is 0.254 e. The van der Waals surface area contributed by atoms with Gasteiger partial charge < -0.3 is 9.80 Å². The number of pyridine rings is 1. The predicted molar refractivity (Wildman–Crippen MR) is 112 cm³/mol. The highest BCUT2D eigenvalue weighted by Gasteiger charge is 2.21. The van der Waals surface area contributed by atoms with Crippen LogP contribution in [0, 0.1) is 0 Å².